The number of aromatic nitrogens is 1. The van der Waals surface area contributed by atoms with Gasteiger partial charge in [0.2, 0.25) is 5.91 Å². The van der Waals surface area contributed by atoms with Crippen molar-refractivity contribution in [2.24, 2.45) is 0 Å². The summed E-state index contributed by atoms with van der Waals surface area (Å²) in [4.78, 5) is 44.3. The molecule has 128 valence electrons. The van der Waals surface area contributed by atoms with E-state index < -0.39 is 17.5 Å². The van der Waals surface area contributed by atoms with Crippen LogP contribution in [-0.4, -0.2) is 51.8 Å². The minimum Gasteiger partial charge on any atom is -0.313 e. The fourth-order valence-electron chi connectivity index (χ4n) is 3.61. The van der Waals surface area contributed by atoms with Crippen molar-refractivity contribution in [1.29, 1.82) is 0 Å². The van der Waals surface area contributed by atoms with Crippen LogP contribution in [0.15, 0.2) is 18.2 Å². The van der Waals surface area contributed by atoms with Crippen molar-refractivity contribution in [2.45, 2.75) is 44.6 Å². The third-order valence-electron chi connectivity index (χ3n) is 4.94. The zero-order chi connectivity index (χ0) is 17.3. The molecular weight excluding hydrogens is 308 g/mol. The van der Waals surface area contributed by atoms with E-state index >= 15 is 0 Å². The summed E-state index contributed by atoms with van der Waals surface area (Å²) in [7, 11) is 1.66. The summed E-state index contributed by atoms with van der Waals surface area (Å²) in [5, 5.41) is 2.64. The molecule has 7 nitrogen and oxygen atoms in total. The smallest absolute Gasteiger partial charge is 0.313 e. The molecule has 4 amide bonds. The van der Waals surface area contributed by atoms with Gasteiger partial charge in [0.1, 0.15) is 17.9 Å². The van der Waals surface area contributed by atoms with Crippen molar-refractivity contribution in [3.05, 3.63) is 23.9 Å². The highest BCUT2D eigenvalue weighted by atomic mass is 16.2. The summed E-state index contributed by atoms with van der Waals surface area (Å²) in [5.74, 6) is -0.252. The lowest BCUT2D eigenvalue weighted by Crippen LogP contribution is -2.49. The maximum Gasteiger partial charge on any atom is 0.327 e. The molecule has 0 aromatic carbocycles. The van der Waals surface area contributed by atoms with Crippen LogP contribution in [0.3, 0.4) is 0 Å². The minimum absolute atomic E-state index is 0.248. The predicted octanol–water partition coefficient (Wildman–Crippen LogP) is 1.93. The van der Waals surface area contributed by atoms with Gasteiger partial charge < -0.3 is 10.2 Å². The fourth-order valence-corrected chi connectivity index (χ4v) is 3.61. The normalized spacial score (nSPS) is 19.9. The number of carbonyl (C=O) groups is 3. The molecular formula is C17H22N4O3. The van der Waals surface area contributed by atoms with E-state index in [1.807, 2.05) is 13.0 Å². The van der Waals surface area contributed by atoms with E-state index in [4.69, 9.17) is 0 Å². The van der Waals surface area contributed by atoms with E-state index in [0.717, 1.165) is 29.9 Å². The highest BCUT2D eigenvalue weighted by Gasteiger charge is 2.55. The molecule has 2 heterocycles. The summed E-state index contributed by atoms with van der Waals surface area (Å²) in [5.41, 5.74) is 0.0269. The summed E-state index contributed by atoms with van der Waals surface area (Å²) in [6, 6.07) is 4.89. The Morgan fingerprint density at radius 1 is 1.25 bits per heavy atom. The first-order valence-electron chi connectivity index (χ1n) is 8.27. The number of imide groups is 1. The van der Waals surface area contributed by atoms with Gasteiger partial charge in [-0.3, -0.25) is 14.5 Å². The number of carbonyl (C=O) groups excluding carboxylic acids is 3. The quantitative estimate of drug-likeness (QED) is 0.859. The molecule has 3 rings (SSSR count). The Balaban J connectivity index is 1.71. The molecule has 0 atom stereocenters. The van der Waals surface area contributed by atoms with Crippen LogP contribution in [0.1, 0.15) is 37.8 Å². The van der Waals surface area contributed by atoms with E-state index in [2.05, 4.69) is 10.3 Å². The molecule has 0 radical (unpaired) electrons. The predicted molar refractivity (Wildman–Crippen MR) is 88.3 cm³/mol. The SMILES string of the molecule is Cc1cccc(NC(=O)CN2C(=O)N(C)C3(CCCCC3)C2=O)n1. The maximum absolute atomic E-state index is 12.8. The first-order valence-corrected chi connectivity index (χ1v) is 8.27. The molecule has 1 aliphatic carbocycles. The standard InChI is InChI=1S/C17H22N4O3/c1-12-7-6-8-13(18-12)19-14(22)11-21-15(23)17(20(2)16(21)24)9-4-3-5-10-17/h6-8H,3-5,9-11H2,1-2H3,(H,18,19,22). The number of nitrogens with zero attached hydrogens (tertiary/aromatic N) is 3. The molecule has 2 fully saturated rings. The van der Waals surface area contributed by atoms with Gasteiger partial charge in [0, 0.05) is 12.7 Å². The van der Waals surface area contributed by atoms with Gasteiger partial charge in [-0.05, 0) is 31.9 Å². The second kappa shape index (κ2) is 6.22. The molecule has 0 bridgehead atoms. The number of hydrogen-bond donors (Lipinski definition) is 1. The molecule has 0 unspecified atom stereocenters. The Morgan fingerprint density at radius 3 is 2.62 bits per heavy atom. The Hall–Kier alpha value is -2.44. The molecule has 1 aromatic rings. The van der Waals surface area contributed by atoms with Crippen LogP contribution in [-0.2, 0) is 9.59 Å². The maximum atomic E-state index is 12.8. The minimum atomic E-state index is -0.753. The highest BCUT2D eigenvalue weighted by molar-refractivity contribution is 6.10. The molecule has 1 N–H and O–H groups in total. The van der Waals surface area contributed by atoms with Crippen molar-refractivity contribution < 1.29 is 14.4 Å². The van der Waals surface area contributed by atoms with Gasteiger partial charge in [-0.2, -0.15) is 0 Å². The largest absolute Gasteiger partial charge is 0.327 e. The molecule has 1 aliphatic heterocycles. The molecule has 1 aromatic heterocycles. The second-order valence-electron chi connectivity index (χ2n) is 6.54. The van der Waals surface area contributed by atoms with Crippen LogP contribution in [0.25, 0.3) is 0 Å². The zero-order valence-electron chi connectivity index (χ0n) is 14.0. The lowest BCUT2D eigenvalue weighted by molar-refractivity contribution is -0.136. The van der Waals surface area contributed by atoms with E-state index in [-0.39, 0.29) is 12.5 Å². The molecule has 7 heteroatoms. The number of amides is 4. The van der Waals surface area contributed by atoms with Crippen LogP contribution in [0, 0.1) is 6.92 Å². The Labute approximate surface area is 141 Å². The number of urea groups is 1. The summed E-state index contributed by atoms with van der Waals surface area (Å²) in [6.07, 6.45) is 4.28. The molecule has 1 spiro atoms. The highest BCUT2D eigenvalue weighted by Crippen LogP contribution is 2.39. The average Bonchev–Trinajstić information content (AvgIpc) is 2.72. The topological polar surface area (TPSA) is 82.6 Å². The number of hydrogen-bond acceptors (Lipinski definition) is 4. The lowest BCUT2D eigenvalue weighted by Gasteiger charge is -2.35. The van der Waals surface area contributed by atoms with Gasteiger partial charge in [0.15, 0.2) is 0 Å². The first kappa shape index (κ1) is 16.4. The number of anilines is 1. The fraction of sp³-hybridized carbons (Fsp3) is 0.529. The number of aryl methyl sites for hydroxylation is 1. The van der Waals surface area contributed by atoms with Crippen molar-refractivity contribution in [2.75, 3.05) is 18.9 Å². The summed E-state index contributed by atoms with van der Waals surface area (Å²) < 4.78 is 0. The van der Waals surface area contributed by atoms with Crippen LogP contribution in [0.4, 0.5) is 10.6 Å². The Morgan fingerprint density at radius 2 is 1.96 bits per heavy atom. The number of likely N-dealkylation sites (N-methyl/N-ethyl adjacent to an activating group) is 1. The van der Waals surface area contributed by atoms with E-state index in [9.17, 15) is 14.4 Å². The summed E-state index contributed by atoms with van der Waals surface area (Å²) in [6.45, 7) is 1.55. The van der Waals surface area contributed by atoms with Crippen LogP contribution >= 0.6 is 0 Å². The number of rotatable bonds is 3. The lowest BCUT2D eigenvalue weighted by atomic mass is 9.81. The van der Waals surface area contributed by atoms with E-state index in [1.165, 1.54) is 4.90 Å². The van der Waals surface area contributed by atoms with Crippen molar-refractivity contribution >= 4 is 23.7 Å². The van der Waals surface area contributed by atoms with E-state index in [1.54, 1.807) is 19.2 Å². The van der Waals surface area contributed by atoms with Crippen molar-refractivity contribution in [1.82, 2.24) is 14.8 Å². The molecule has 24 heavy (non-hydrogen) atoms. The third kappa shape index (κ3) is 2.74. The van der Waals surface area contributed by atoms with Gasteiger partial charge in [-0.1, -0.05) is 25.3 Å². The Kier molecular flexibility index (Phi) is 4.26. The van der Waals surface area contributed by atoms with Crippen molar-refractivity contribution in [3.8, 4) is 0 Å². The van der Waals surface area contributed by atoms with Gasteiger partial charge >= 0.3 is 6.03 Å². The third-order valence-corrected chi connectivity index (χ3v) is 4.94. The first-order chi connectivity index (χ1) is 11.4. The van der Waals surface area contributed by atoms with Crippen LogP contribution in [0.2, 0.25) is 0 Å². The second-order valence-corrected chi connectivity index (χ2v) is 6.54. The molecule has 1 saturated carbocycles. The van der Waals surface area contributed by atoms with E-state index in [0.29, 0.717) is 18.7 Å². The molecule has 1 saturated heterocycles. The van der Waals surface area contributed by atoms with Gasteiger partial charge in [0.05, 0.1) is 0 Å². The summed E-state index contributed by atoms with van der Waals surface area (Å²) >= 11 is 0. The monoisotopic (exact) mass is 330 g/mol. The van der Waals surface area contributed by atoms with Gasteiger partial charge in [-0.25, -0.2) is 9.78 Å². The van der Waals surface area contributed by atoms with Crippen LogP contribution in [0.5, 0.6) is 0 Å². The van der Waals surface area contributed by atoms with Crippen molar-refractivity contribution in [3.63, 3.8) is 0 Å². The van der Waals surface area contributed by atoms with Gasteiger partial charge in [-0.15, -0.1) is 0 Å². The average molecular weight is 330 g/mol. The number of nitrogens with one attached hydrogen (secondary N) is 1. The van der Waals surface area contributed by atoms with Gasteiger partial charge in [0.25, 0.3) is 5.91 Å². The Bertz CT molecular complexity index is 682. The molecule has 2 aliphatic rings. The number of pyridine rings is 1. The van der Waals surface area contributed by atoms with Crippen LogP contribution < -0.4 is 5.32 Å². The zero-order valence-corrected chi connectivity index (χ0v) is 14.0.